The van der Waals surface area contributed by atoms with Gasteiger partial charge >= 0.3 is 31.5 Å². The van der Waals surface area contributed by atoms with Crippen molar-refractivity contribution >= 4 is 49.4 Å². The molecule has 0 spiro atoms. The number of aromatic nitrogens is 2. The third-order valence-corrected chi connectivity index (χ3v) is 10.1. The van der Waals surface area contributed by atoms with Gasteiger partial charge in [-0.15, -0.1) is 6.58 Å². The van der Waals surface area contributed by atoms with Gasteiger partial charge in [-0.1, -0.05) is 45.2 Å². The van der Waals surface area contributed by atoms with Crippen LogP contribution in [0.5, 0.6) is 0 Å². The minimum atomic E-state index is -4.71. The monoisotopic (exact) mass is 867 g/mol. The largest absolute Gasteiger partial charge is 0.475 e. The molecule has 0 bridgehead atoms. The molecule has 0 radical (unpaired) electrons. The fraction of sp³-hybridized carbons (Fsp3) is 0.568. The zero-order chi connectivity index (χ0) is 44.4. The molecular weight excluding hydrogens is 813 g/mol. The Bertz CT molecular complexity index is 1820. The summed E-state index contributed by atoms with van der Waals surface area (Å²) in [4.78, 5) is 93.3. The standard InChI is InChI=1S/C37H54N7O15P/c1-8-16-53-35(49)23(6)39-33(47)26(40-34(48)31(22(4)5)43-32(46)25-12-11-14-38-25)20-56-60(52,55-18-10-3)57-21-28-27(58-24(7)45)19-30(59-28)44-15-13-29(41-36(44)50)42-37(51)54-17-9-2/h8-10,13,15,22-23,25-28,30-31,38H,1-3,11-12,14,16-21H2,4-7H3,(H,39,47)(H,40,48)(H,43,46)(H,41,42,50,51)/t23-,25-,26-,27-,28+,30+,31-,60?/m0/s1. The number of ether oxygens (including phenoxy) is 4. The summed E-state index contributed by atoms with van der Waals surface area (Å²) in [6, 6.07) is -3.19. The minimum absolute atomic E-state index is 0.0744. The second-order valence-corrected chi connectivity index (χ2v) is 15.4. The van der Waals surface area contributed by atoms with Crippen molar-refractivity contribution in [2.75, 3.05) is 44.9 Å². The van der Waals surface area contributed by atoms with Crippen molar-refractivity contribution in [3.63, 3.8) is 0 Å². The molecule has 2 aliphatic rings. The summed E-state index contributed by atoms with van der Waals surface area (Å²) in [5.41, 5.74) is -0.850. The number of hydrogen-bond acceptors (Lipinski definition) is 17. The normalized spacial score (nSPS) is 20.9. The van der Waals surface area contributed by atoms with Crippen molar-refractivity contribution in [2.24, 2.45) is 5.92 Å². The number of phosphoric acid groups is 1. The molecule has 4 amide bonds. The summed E-state index contributed by atoms with van der Waals surface area (Å²) >= 11 is 0. The molecule has 2 fully saturated rings. The molecule has 0 saturated carbocycles. The fourth-order valence-corrected chi connectivity index (χ4v) is 6.87. The van der Waals surface area contributed by atoms with Gasteiger partial charge in [0, 0.05) is 19.5 Å². The topological polar surface area (TPSA) is 279 Å². The number of nitrogens with zero attached hydrogens (tertiary/aromatic N) is 2. The first-order valence-electron chi connectivity index (χ1n) is 19.0. The van der Waals surface area contributed by atoms with Gasteiger partial charge in [0.1, 0.15) is 55.6 Å². The molecule has 8 atom stereocenters. The van der Waals surface area contributed by atoms with E-state index >= 15 is 0 Å². The number of esters is 2. The highest BCUT2D eigenvalue weighted by atomic mass is 31.2. The zero-order valence-corrected chi connectivity index (χ0v) is 34.9. The molecule has 5 N–H and O–H groups in total. The molecule has 2 saturated heterocycles. The third-order valence-electron chi connectivity index (χ3n) is 8.66. The molecule has 0 aliphatic carbocycles. The first-order valence-corrected chi connectivity index (χ1v) is 20.5. The van der Waals surface area contributed by atoms with Gasteiger partial charge in [0.2, 0.25) is 17.7 Å². The lowest BCUT2D eigenvalue weighted by atomic mass is 10.0. The maximum Gasteiger partial charge on any atom is 0.475 e. The molecule has 3 rings (SSSR count). The molecule has 60 heavy (non-hydrogen) atoms. The second kappa shape index (κ2) is 24.1. The van der Waals surface area contributed by atoms with Crippen LogP contribution in [0.4, 0.5) is 10.6 Å². The second-order valence-electron chi connectivity index (χ2n) is 13.7. The van der Waals surface area contributed by atoms with Crippen LogP contribution in [0.25, 0.3) is 0 Å². The van der Waals surface area contributed by atoms with E-state index in [9.17, 15) is 38.1 Å². The Labute approximate surface area is 346 Å². The number of amides is 4. The highest BCUT2D eigenvalue weighted by molar-refractivity contribution is 7.48. The Hall–Kier alpha value is -5.25. The fourth-order valence-electron chi connectivity index (χ4n) is 5.70. The van der Waals surface area contributed by atoms with Gasteiger partial charge in [-0.25, -0.2) is 18.9 Å². The van der Waals surface area contributed by atoms with Crippen molar-refractivity contribution < 1.29 is 65.9 Å². The Balaban J connectivity index is 1.81. The summed E-state index contributed by atoms with van der Waals surface area (Å²) in [6.45, 7) is 14.9. The number of hydrogen-bond donors (Lipinski definition) is 5. The van der Waals surface area contributed by atoms with E-state index in [2.05, 4.69) is 51.3 Å². The van der Waals surface area contributed by atoms with Crippen molar-refractivity contribution in [1.29, 1.82) is 0 Å². The van der Waals surface area contributed by atoms with Gasteiger partial charge in [-0.2, -0.15) is 4.98 Å². The smallest absolute Gasteiger partial charge is 0.460 e. The molecule has 22 nitrogen and oxygen atoms in total. The van der Waals surface area contributed by atoms with E-state index < -0.39 is 111 Å². The molecule has 23 heteroatoms. The van der Waals surface area contributed by atoms with Crippen LogP contribution in [0, 0.1) is 5.92 Å². The van der Waals surface area contributed by atoms with Crippen LogP contribution in [-0.4, -0.2) is 121 Å². The Morgan fingerprint density at radius 3 is 2.30 bits per heavy atom. The lowest BCUT2D eigenvalue weighted by molar-refractivity contribution is -0.150. The molecule has 332 valence electrons. The van der Waals surface area contributed by atoms with Crippen molar-refractivity contribution in [1.82, 2.24) is 30.8 Å². The Morgan fingerprint density at radius 2 is 1.68 bits per heavy atom. The summed E-state index contributed by atoms with van der Waals surface area (Å²) in [7, 11) is -4.71. The van der Waals surface area contributed by atoms with Crippen LogP contribution >= 0.6 is 7.82 Å². The van der Waals surface area contributed by atoms with Gasteiger partial charge in [0.05, 0.1) is 25.9 Å². The van der Waals surface area contributed by atoms with Gasteiger partial charge in [0.25, 0.3) is 0 Å². The highest BCUT2D eigenvalue weighted by Gasteiger charge is 2.42. The maximum atomic E-state index is 14.1. The van der Waals surface area contributed by atoms with Crippen LogP contribution in [0.3, 0.4) is 0 Å². The number of carbonyl (C=O) groups excluding carboxylic acids is 6. The van der Waals surface area contributed by atoms with Crippen LogP contribution in [-0.2, 0) is 61.1 Å². The van der Waals surface area contributed by atoms with E-state index in [0.717, 1.165) is 17.9 Å². The number of anilines is 1. The zero-order valence-electron chi connectivity index (χ0n) is 34.0. The number of carbonyl (C=O) groups is 6. The van der Waals surface area contributed by atoms with E-state index in [4.69, 9.17) is 32.5 Å². The van der Waals surface area contributed by atoms with Crippen LogP contribution < -0.4 is 32.3 Å². The van der Waals surface area contributed by atoms with Crippen LogP contribution in [0.15, 0.2) is 55.0 Å². The van der Waals surface area contributed by atoms with Gasteiger partial charge < -0.3 is 40.2 Å². The summed E-state index contributed by atoms with van der Waals surface area (Å²) in [5.74, 6) is -4.25. The lowest BCUT2D eigenvalue weighted by Gasteiger charge is -2.27. The average molecular weight is 868 g/mol. The molecule has 2 aliphatic heterocycles. The average Bonchev–Trinajstić information content (AvgIpc) is 3.88. The third kappa shape index (κ3) is 15.4. The number of phosphoric ester groups is 1. The molecular formula is C37H54N7O15P. The van der Waals surface area contributed by atoms with Crippen molar-refractivity contribution in [3.8, 4) is 0 Å². The molecule has 1 unspecified atom stereocenters. The summed E-state index contributed by atoms with van der Waals surface area (Å²) < 4.78 is 52.9. The predicted octanol–water partition coefficient (Wildman–Crippen LogP) is 1.15. The molecule has 1 aromatic rings. The van der Waals surface area contributed by atoms with Gasteiger partial charge in [-0.05, 0) is 38.3 Å². The molecule has 0 aromatic carbocycles. The first kappa shape index (κ1) is 49.1. The van der Waals surface area contributed by atoms with E-state index in [0.29, 0.717) is 13.0 Å². The maximum absolute atomic E-state index is 14.1. The lowest BCUT2D eigenvalue weighted by Crippen LogP contribution is -2.59. The van der Waals surface area contributed by atoms with Crippen molar-refractivity contribution in [2.45, 2.75) is 89.6 Å². The molecule has 3 heterocycles. The predicted molar refractivity (Wildman–Crippen MR) is 212 cm³/mol. The van der Waals surface area contributed by atoms with E-state index in [1.54, 1.807) is 13.8 Å². The summed E-state index contributed by atoms with van der Waals surface area (Å²) in [5, 5.41) is 13.0. The molecule has 1 aromatic heterocycles. The van der Waals surface area contributed by atoms with Crippen LogP contribution in [0.1, 0.15) is 53.2 Å². The number of nitrogens with one attached hydrogen (secondary N) is 5. The highest BCUT2D eigenvalue weighted by Crippen LogP contribution is 2.50. The van der Waals surface area contributed by atoms with Gasteiger partial charge in [0.15, 0.2) is 0 Å². The van der Waals surface area contributed by atoms with Gasteiger partial charge in [-0.3, -0.25) is 42.6 Å². The van der Waals surface area contributed by atoms with Crippen LogP contribution in [0.2, 0.25) is 0 Å². The van der Waals surface area contributed by atoms with E-state index in [-0.39, 0.29) is 32.1 Å². The van der Waals surface area contributed by atoms with Crippen molar-refractivity contribution in [3.05, 3.63) is 60.7 Å². The quantitative estimate of drug-likeness (QED) is 0.0422. The SMILES string of the molecule is C=CCOC(=O)Nc1ccn([C@H]2C[C@H](OC(C)=O)[C@@H](COP(=O)(OCC=C)OC[C@H](NC(=O)[C@@H](NC(=O)[C@@H]3CCCN3)C(C)C)C(=O)N[C@@H](C)C(=O)OCC=C)O2)c(=O)n1. The minimum Gasteiger partial charge on any atom is -0.460 e. The van der Waals surface area contributed by atoms with E-state index in [1.165, 1.54) is 37.4 Å². The van der Waals surface area contributed by atoms with E-state index in [1.807, 2.05) is 0 Å². The number of rotatable bonds is 24. The summed E-state index contributed by atoms with van der Waals surface area (Å²) in [6.07, 6.45) is 2.27. The Morgan fingerprint density at radius 1 is 0.983 bits per heavy atom. The Kier molecular flexibility index (Phi) is 19.7. The first-order chi connectivity index (χ1) is 28.5.